The van der Waals surface area contributed by atoms with Gasteiger partial charge in [-0.05, 0) is 64.3 Å². The van der Waals surface area contributed by atoms with E-state index in [0.717, 1.165) is 32.2 Å². The van der Waals surface area contributed by atoms with E-state index in [1.54, 1.807) is 30.8 Å². The van der Waals surface area contributed by atoms with E-state index in [4.69, 9.17) is 6.42 Å². The van der Waals surface area contributed by atoms with Crippen molar-refractivity contribution in [3.8, 4) is 12.3 Å². The van der Waals surface area contributed by atoms with E-state index < -0.39 is 17.5 Å². The van der Waals surface area contributed by atoms with Crippen molar-refractivity contribution in [3.63, 3.8) is 0 Å². The monoisotopic (exact) mass is 585 g/mol. The Labute approximate surface area is 254 Å². The van der Waals surface area contributed by atoms with E-state index in [0.29, 0.717) is 18.5 Å². The van der Waals surface area contributed by atoms with E-state index in [9.17, 15) is 19.2 Å². The van der Waals surface area contributed by atoms with Gasteiger partial charge in [0, 0.05) is 32.3 Å². The number of terminal acetylenes is 1. The van der Waals surface area contributed by atoms with Gasteiger partial charge in [0.05, 0.1) is 18.6 Å². The molecule has 2 heterocycles. The number of carbonyl (C=O) groups excluding carboxylic acids is 4. The van der Waals surface area contributed by atoms with Gasteiger partial charge >= 0.3 is 0 Å². The van der Waals surface area contributed by atoms with E-state index in [2.05, 4.69) is 30.0 Å². The van der Waals surface area contributed by atoms with Crippen LogP contribution in [0.5, 0.6) is 0 Å². The zero-order valence-corrected chi connectivity index (χ0v) is 27.7. The van der Waals surface area contributed by atoms with Crippen molar-refractivity contribution in [2.45, 2.75) is 118 Å². The smallest absolute Gasteiger partial charge is 0.249 e. The first kappa shape index (κ1) is 35.3. The van der Waals surface area contributed by atoms with Crippen molar-refractivity contribution < 1.29 is 19.2 Å². The number of likely N-dealkylation sites (tertiary alicyclic amines) is 2. The molecule has 2 saturated heterocycles. The molecule has 42 heavy (non-hydrogen) atoms. The Balaban J connectivity index is 2.28. The predicted octanol–water partition coefficient (Wildman–Crippen LogP) is 3.29. The molecule has 236 valence electrons. The van der Waals surface area contributed by atoms with Gasteiger partial charge in [0.25, 0.3) is 0 Å². The van der Waals surface area contributed by atoms with Gasteiger partial charge in [-0.25, -0.2) is 0 Å². The normalized spacial score (nSPS) is 21.6. The standard InChI is InChI=1S/C33H55N5O4/c1-12-18-35(10)31(41)26-17-15-20-38(26)30(40)24(6)21-27(22(2)3)36(11)32(42)28(33(7,8)9)34-29(39)25-16-13-14-19-37(25)23(4)5/h1,21-23,25-28H,13-20H2,2-11H3,(H,34,39)/b24-21+/t25?,26?,27-,28-/m1/s1. The second kappa shape index (κ2) is 15.0. The number of nitrogens with one attached hydrogen (secondary N) is 1. The largest absolute Gasteiger partial charge is 0.342 e. The molecule has 2 fully saturated rings. The highest BCUT2D eigenvalue weighted by atomic mass is 16.2. The van der Waals surface area contributed by atoms with Crippen LogP contribution in [0.4, 0.5) is 0 Å². The molecule has 0 aromatic rings. The quantitative estimate of drug-likeness (QED) is 0.314. The van der Waals surface area contributed by atoms with Crippen LogP contribution in [-0.4, -0.2) is 107 Å². The maximum atomic E-state index is 14.1. The van der Waals surface area contributed by atoms with Gasteiger partial charge in [-0.2, -0.15) is 0 Å². The topological polar surface area (TPSA) is 93.3 Å². The molecule has 1 N–H and O–H groups in total. The van der Waals surface area contributed by atoms with E-state index in [-0.39, 0.29) is 54.2 Å². The van der Waals surface area contributed by atoms with Crippen LogP contribution in [-0.2, 0) is 19.2 Å². The first-order chi connectivity index (χ1) is 19.5. The molecule has 2 rings (SSSR count). The Bertz CT molecular complexity index is 1050. The average molecular weight is 586 g/mol. The zero-order chi connectivity index (χ0) is 31.9. The van der Waals surface area contributed by atoms with Crippen LogP contribution in [0.2, 0.25) is 0 Å². The molecular weight excluding hydrogens is 530 g/mol. The molecule has 4 amide bonds. The summed E-state index contributed by atoms with van der Waals surface area (Å²) in [5.74, 6) is 1.83. The zero-order valence-electron chi connectivity index (χ0n) is 27.7. The molecule has 2 aliphatic rings. The molecule has 0 radical (unpaired) electrons. The maximum absolute atomic E-state index is 14.1. The van der Waals surface area contributed by atoms with Gasteiger partial charge in [0.15, 0.2) is 0 Å². The van der Waals surface area contributed by atoms with E-state index >= 15 is 0 Å². The number of amides is 4. The Morgan fingerprint density at radius 3 is 2.17 bits per heavy atom. The molecule has 0 bridgehead atoms. The second-order valence-electron chi connectivity index (χ2n) is 13.7. The van der Waals surface area contributed by atoms with Gasteiger partial charge in [-0.3, -0.25) is 24.1 Å². The van der Waals surface area contributed by atoms with E-state index in [1.807, 2.05) is 40.7 Å². The summed E-state index contributed by atoms with van der Waals surface area (Å²) in [5, 5.41) is 3.12. The molecule has 0 saturated carbocycles. The Morgan fingerprint density at radius 2 is 1.62 bits per heavy atom. The summed E-state index contributed by atoms with van der Waals surface area (Å²) in [7, 11) is 3.39. The summed E-state index contributed by atoms with van der Waals surface area (Å²) >= 11 is 0. The van der Waals surface area contributed by atoms with Gasteiger partial charge < -0.3 is 20.0 Å². The minimum Gasteiger partial charge on any atom is -0.342 e. The van der Waals surface area contributed by atoms with Gasteiger partial charge in [-0.1, -0.05) is 53.0 Å². The summed E-state index contributed by atoms with van der Waals surface area (Å²) in [6.45, 7) is 17.4. The van der Waals surface area contributed by atoms with Gasteiger partial charge in [-0.15, -0.1) is 6.42 Å². The molecule has 2 aliphatic heterocycles. The number of rotatable bonds is 10. The lowest BCUT2D eigenvalue weighted by Gasteiger charge is -2.41. The predicted molar refractivity (Wildman–Crippen MR) is 167 cm³/mol. The van der Waals surface area contributed by atoms with Crippen molar-refractivity contribution in [3.05, 3.63) is 11.6 Å². The lowest BCUT2D eigenvalue weighted by Crippen LogP contribution is -2.60. The number of likely N-dealkylation sites (N-methyl/N-ethyl adjacent to an activating group) is 2. The minimum absolute atomic E-state index is 0.00515. The summed E-state index contributed by atoms with van der Waals surface area (Å²) in [5.41, 5.74) is -0.0408. The summed E-state index contributed by atoms with van der Waals surface area (Å²) < 4.78 is 0. The Kier molecular flexibility index (Phi) is 12.7. The molecule has 0 aliphatic carbocycles. The highest BCUT2D eigenvalue weighted by molar-refractivity contribution is 5.97. The van der Waals surface area contributed by atoms with Crippen LogP contribution in [0, 0.1) is 23.7 Å². The molecule has 0 spiro atoms. The fraction of sp³-hybridized carbons (Fsp3) is 0.758. The van der Waals surface area contributed by atoms with Crippen molar-refractivity contribution in [1.29, 1.82) is 0 Å². The Morgan fingerprint density at radius 1 is 1.00 bits per heavy atom. The molecule has 4 atom stereocenters. The lowest BCUT2D eigenvalue weighted by molar-refractivity contribution is -0.142. The minimum atomic E-state index is -0.733. The molecular formula is C33H55N5O4. The van der Waals surface area contributed by atoms with Crippen LogP contribution in [0.1, 0.15) is 87.5 Å². The number of hydrogen-bond acceptors (Lipinski definition) is 5. The number of carbonyl (C=O) groups is 4. The molecule has 2 unspecified atom stereocenters. The third-order valence-electron chi connectivity index (χ3n) is 8.65. The summed E-state index contributed by atoms with van der Waals surface area (Å²) in [6.07, 6.45) is 11.4. The highest BCUT2D eigenvalue weighted by Gasteiger charge is 2.40. The number of hydrogen-bond donors (Lipinski definition) is 1. The Hall–Kier alpha value is -2.86. The average Bonchev–Trinajstić information content (AvgIpc) is 3.41. The van der Waals surface area contributed by atoms with Gasteiger partial charge in [0.1, 0.15) is 12.1 Å². The third-order valence-corrected chi connectivity index (χ3v) is 8.65. The first-order valence-corrected chi connectivity index (χ1v) is 15.5. The summed E-state index contributed by atoms with van der Waals surface area (Å²) in [4.78, 5) is 61.1. The van der Waals surface area contributed by atoms with Crippen LogP contribution in [0.15, 0.2) is 11.6 Å². The van der Waals surface area contributed by atoms with Crippen LogP contribution >= 0.6 is 0 Å². The lowest BCUT2D eigenvalue weighted by atomic mass is 9.84. The summed E-state index contributed by atoms with van der Waals surface area (Å²) in [6, 6.07) is -1.67. The van der Waals surface area contributed by atoms with Crippen molar-refractivity contribution in [2.24, 2.45) is 11.3 Å². The van der Waals surface area contributed by atoms with Crippen molar-refractivity contribution in [1.82, 2.24) is 24.9 Å². The highest BCUT2D eigenvalue weighted by Crippen LogP contribution is 2.27. The van der Waals surface area contributed by atoms with Crippen LogP contribution < -0.4 is 5.32 Å². The number of nitrogens with zero attached hydrogens (tertiary/aromatic N) is 4. The molecule has 0 aromatic heterocycles. The third kappa shape index (κ3) is 8.59. The molecule has 0 aromatic carbocycles. The second-order valence-corrected chi connectivity index (χ2v) is 13.7. The van der Waals surface area contributed by atoms with E-state index in [1.165, 1.54) is 4.90 Å². The van der Waals surface area contributed by atoms with Crippen molar-refractivity contribution >= 4 is 23.6 Å². The molecule has 9 nitrogen and oxygen atoms in total. The fourth-order valence-electron chi connectivity index (χ4n) is 6.13. The SMILES string of the molecule is C#CCN(C)C(=O)C1CCCN1C(=O)/C(C)=C/[C@H](C(C)C)N(C)C(=O)[C@@H](NC(=O)C1CCCCN1C(C)C)C(C)(C)C. The number of piperidine rings is 1. The van der Waals surface area contributed by atoms with Crippen molar-refractivity contribution in [2.75, 3.05) is 33.7 Å². The molecule has 9 heteroatoms. The van der Waals surface area contributed by atoms with Crippen LogP contribution in [0.25, 0.3) is 0 Å². The van der Waals surface area contributed by atoms with Crippen LogP contribution in [0.3, 0.4) is 0 Å². The first-order valence-electron chi connectivity index (χ1n) is 15.5. The maximum Gasteiger partial charge on any atom is 0.249 e. The fourth-order valence-corrected chi connectivity index (χ4v) is 6.13. The van der Waals surface area contributed by atoms with Gasteiger partial charge in [0.2, 0.25) is 23.6 Å².